The van der Waals surface area contributed by atoms with Crippen molar-refractivity contribution < 1.29 is 4.79 Å². The van der Waals surface area contributed by atoms with Crippen LogP contribution in [0, 0.1) is 0 Å². The van der Waals surface area contributed by atoms with E-state index in [1.54, 1.807) is 0 Å². The summed E-state index contributed by atoms with van der Waals surface area (Å²) in [7, 11) is 2.17. The molecular formula is C16H23N3O. The molecule has 1 fully saturated rings. The number of likely N-dealkylation sites (tertiary alicyclic amines) is 1. The number of likely N-dealkylation sites (N-methyl/N-ethyl adjacent to an activating group) is 1. The first-order chi connectivity index (χ1) is 9.74. The Labute approximate surface area is 120 Å². The molecule has 1 amide bonds. The molecule has 2 aliphatic rings. The molecule has 2 unspecified atom stereocenters. The zero-order valence-corrected chi connectivity index (χ0v) is 12.1. The molecule has 2 atom stereocenters. The van der Waals surface area contributed by atoms with Gasteiger partial charge in [-0.1, -0.05) is 18.2 Å². The summed E-state index contributed by atoms with van der Waals surface area (Å²) in [5.41, 5.74) is 2.21. The summed E-state index contributed by atoms with van der Waals surface area (Å²) in [5, 5.41) is 6.51. The molecule has 0 aromatic heterocycles. The van der Waals surface area contributed by atoms with Gasteiger partial charge in [0.1, 0.15) is 0 Å². The van der Waals surface area contributed by atoms with E-state index >= 15 is 0 Å². The average Bonchev–Trinajstić information content (AvgIpc) is 2.78. The van der Waals surface area contributed by atoms with Crippen LogP contribution in [-0.2, 0) is 11.2 Å². The minimum Gasteiger partial charge on any atom is -0.324 e. The van der Waals surface area contributed by atoms with E-state index < -0.39 is 0 Å². The van der Waals surface area contributed by atoms with Gasteiger partial charge in [0, 0.05) is 18.3 Å². The zero-order valence-electron chi connectivity index (χ0n) is 12.1. The number of hydrogen-bond donors (Lipinski definition) is 2. The minimum absolute atomic E-state index is 0.0728. The number of aryl methyl sites for hydroxylation is 1. The molecule has 0 spiro atoms. The summed E-state index contributed by atoms with van der Waals surface area (Å²) in [5.74, 6) is 0.107. The van der Waals surface area contributed by atoms with Gasteiger partial charge in [-0.3, -0.25) is 4.79 Å². The lowest BCUT2D eigenvalue weighted by atomic mass is 10.1. The van der Waals surface area contributed by atoms with Crippen molar-refractivity contribution in [2.75, 3.05) is 25.5 Å². The van der Waals surface area contributed by atoms with Gasteiger partial charge in [-0.25, -0.2) is 0 Å². The monoisotopic (exact) mass is 273 g/mol. The lowest BCUT2D eigenvalue weighted by Gasteiger charge is -2.23. The number of benzene rings is 1. The van der Waals surface area contributed by atoms with E-state index in [0.29, 0.717) is 6.04 Å². The first-order valence-corrected chi connectivity index (χ1v) is 7.56. The second-order valence-corrected chi connectivity index (χ2v) is 5.92. The third-order valence-corrected chi connectivity index (χ3v) is 4.57. The van der Waals surface area contributed by atoms with Crippen LogP contribution < -0.4 is 10.6 Å². The van der Waals surface area contributed by atoms with Crippen LogP contribution >= 0.6 is 0 Å². The molecule has 2 aliphatic heterocycles. The number of amides is 1. The van der Waals surface area contributed by atoms with Gasteiger partial charge >= 0.3 is 0 Å². The number of para-hydroxylation sites is 1. The Kier molecular flexibility index (Phi) is 4.03. The Morgan fingerprint density at radius 3 is 3.00 bits per heavy atom. The van der Waals surface area contributed by atoms with Crippen molar-refractivity contribution in [3.63, 3.8) is 0 Å². The molecule has 0 aliphatic carbocycles. The molecule has 2 N–H and O–H groups in total. The standard InChI is InChI=1S/C16H23N3O/c1-19-10-4-6-13(19)11-17-15-9-8-12-5-2-3-7-14(12)18-16(15)20/h2-3,5,7,13,15,17H,4,6,8-11H2,1H3,(H,18,20). The Bertz CT molecular complexity index is 488. The van der Waals surface area contributed by atoms with Crippen molar-refractivity contribution in [3.05, 3.63) is 29.8 Å². The van der Waals surface area contributed by atoms with Crippen molar-refractivity contribution in [1.82, 2.24) is 10.2 Å². The highest BCUT2D eigenvalue weighted by Crippen LogP contribution is 2.22. The number of rotatable bonds is 3. The van der Waals surface area contributed by atoms with Gasteiger partial charge in [0.15, 0.2) is 0 Å². The number of nitrogens with one attached hydrogen (secondary N) is 2. The minimum atomic E-state index is -0.0728. The summed E-state index contributed by atoms with van der Waals surface area (Å²) < 4.78 is 0. The Balaban J connectivity index is 1.60. The average molecular weight is 273 g/mol. The molecule has 1 aromatic carbocycles. The van der Waals surface area contributed by atoms with Gasteiger partial charge in [0.05, 0.1) is 6.04 Å². The van der Waals surface area contributed by atoms with Gasteiger partial charge in [0.2, 0.25) is 5.91 Å². The van der Waals surface area contributed by atoms with Crippen LogP contribution in [0.25, 0.3) is 0 Å². The van der Waals surface area contributed by atoms with Crippen LogP contribution in [-0.4, -0.2) is 43.0 Å². The van der Waals surface area contributed by atoms with Crippen LogP contribution in [0.3, 0.4) is 0 Å². The van der Waals surface area contributed by atoms with E-state index in [4.69, 9.17) is 0 Å². The number of anilines is 1. The van der Waals surface area contributed by atoms with Crippen LogP contribution in [0.4, 0.5) is 5.69 Å². The smallest absolute Gasteiger partial charge is 0.241 e. The highest BCUT2D eigenvalue weighted by atomic mass is 16.2. The Morgan fingerprint density at radius 1 is 1.35 bits per heavy atom. The van der Waals surface area contributed by atoms with E-state index in [2.05, 4.69) is 28.6 Å². The summed E-state index contributed by atoms with van der Waals surface area (Å²) in [4.78, 5) is 14.7. The third kappa shape index (κ3) is 2.86. The third-order valence-electron chi connectivity index (χ3n) is 4.57. The highest BCUT2D eigenvalue weighted by Gasteiger charge is 2.26. The molecule has 4 heteroatoms. The van der Waals surface area contributed by atoms with E-state index in [9.17, 15) is 4.79 Å². The van der Waals surface area contributed by atoms with Crippen molar-refractivity contribution in [2.24, 2.45) is 0 Å². The fraction of sp³-hybridized carbons (Fsp3) is 0.562. The van der Waals surface area contributed by atoms with E-state index in [1.807, 2.05) is 18.2 Å². The summed E-state index contributed by atoms with van der Waals surface area (Å²) in [6, 6.07) is 8.60. The van der Waals surface area contributed by atoms with Crippen LogP contribution in [0.15, 0.2) is 24.3 Å². The molecule has 0 radical (unpaired) electrons. The van der Waals surface area contributed by atoms with Gasteiger partial charge < -0.3 is 15.5 Å². The van der Waals surface area contributed by atoms with Crippen molar-refractivity contribution in [3.8, 4) is 0 Å². The predicted octanol–water partition coefficient (Wildman–Crippen LogP) is 1.62. The molecule has 1 aromatic rings. The van der Waals surface area contributed by atoms with Gasteiger partial charge in [-0.05, 0) is 50.9 Å². The maximum absolute atomic E-state index is 12.3. The maximum atomic E-state index is 12.3. The Morgan fingerprint density at radius 2 is 2.20 bits per heavy atom. The van der Waals surface area contributed by atoms with Crippen molar-refractivity contribution in [1.29, 1.82) is 0 Å². The lowest BCUT2D eigenvalue weighted by molar-refractivity contribution is -0.118. The first kappa shape index (κ1) is 13.6. The molecule has 0 saturated carbocycles. The van der Waals surface area contributed by atoms with Crippen LogP contribution in [0.5, 0.6) is 0 Å². The molecule has 1 saturated heterocycles. The number of carbonyl (C=O) groups is 1. The number of carbonyl (C=O) groups excluding carboxylic acids is 1. The molecule has 0 bridgehead atoms. The summed E-state index contributed by atoms with van der Waals surface area (Å²) in [6.45, 7) is 2.08. The predicted molar refractivity (Wildman–Crippen MR) is 80.8 cm³/mol. The van der Waals surface area contributed by atoms with Crippen LogP contribution in [0.1, 0.15) is 24.8 Å². The van der Waals surface area contributed by atoms with Crippen molar-refractivity contribution >= 4 is 11.6 Å². The fourth-order valence-electron chi connectivity index (χ4n) is 3.22. The second-order valence-electron chi connectivity index (χ2n) is 5.92. The molecule has 4 nitrogen and oxygen atoms in total. The maximum Gasteiger partial charge on any atom is 0.241 e. The first-order valence-electron chi connectivity index (χ1n) is 7.56. The van der Waals surface area contributed by atoms with E-state index in [1.165, 1.54) is 24.9 Å². The molecule has 2 heterocycles. The topological polar surface area (TPSA) is 44.4 Å². The number of fused-ring (bicyclic) bond motifs is 1. The highest BCUT2D eigenvalue weighted by molar-refractivity contribution is 5.96. The van der Waals surface area contributed by atoms with Gasteiger partial charge in [0.25, 0.3) is 0 Å². The number of hydrogen-bond acceptors (Lipinski definition) is 3. The quantitative estimate of drug-likeness (QED) is 0.879. The van der Waals surface area contributed by atoms with Crippen LogP contribution in [0.2, 0.25) is 0 Å². The second kappa shape index (κ2) is 5.94. The summed E-state index contributed by atoms with van der Waals surface area (Å²) >= 11 is 0. The van der Waals surface area contributed by atoms with Gasteiger partial charge in [-0.2, -0.15) is 0 Å². The largest absolute Gasteiger partial charge is 0.324 e. The normalized spacial score (nSPS) is 26.9. The molecule has 3 rings (SSSR count). The fourth-order valence-corrected chi connectivity index (χ4v) is 3.22. The number of nitrogens with zero attached hydrogens (tertiary/aromatic N) is 1. The SMILES string of the molecule is CN1CCCC1CNC1CCc2ccccc2NC1=O. The molecule has 20 heavy (non-hydrogen) atoms. The zero-order chi connectivity index (χ0) is 13.9. The van der Waals surface area contributed by atoms with E-state index in [-0.39, 0.29) is 11.9 Å². The summed E-state index contributed by atoms with van der Waals surface area (Å²) in [6.07, 6.45) is 4.33. The van der Waals surface area contributed by atoms with Gasteiger partial charge in [-0.15, -0.1) is 0 Å². The lowest BCUT2D eigenvalue weighted by Crippen LogP contribution is -2.45. The van der Waals surface area contributed by atoms with Crippen molar-refractivity contribution in [2.45, 2.75) is 37.8 Å². The molecule has 108 valence electrons. The molecular weight excluding hydrogens is 250 g/mol. The van der Waals surface area contributed by atoms with E-state index in [0.717, 1.165) is 25.1 Å². The Hall–Kier alpha value is -1.39.